The maximum Gasteiger partial charge on any atom is 0.245 e. The predicted molar refractivity (Wildman–Crippen MR) is 120 cm³/mol. The summed E-state index contributed by atoms with van der Waals surface area (Å²) in [5.74, 6) is -0.108. The minimum Gasteiger partial charge on any atom is -0.391 e. The van der Waals surface area contributed by atoms with Gasteiger partial charge in [0.2, 0.25) is 11.8 Å². The highest BCUT2D eigenvalue weighted by Gasteiger charge is 2.40. The molecule has 1 heterocycles. The van der Waals surface area contributed by atoms with Gasteiger partial charge in [0, 0.05) is 31.5 Å². The summed E-state index contributed by atoms with van der Waals surface area (Å²) in [5.41, 5.74) is 5.80. The molecule has 0 aromatic rings. The van der Waals surface area contributed by atoms with E-state index in [4.69, 9.17) is 5.73 Å². The van der Waals surface area contributed by atoms with Crippen LogP contribution in [0.4, 0.5) is 0 Å². The molecule has 0 bridgehead atoms. The SMILES string of the molecule is CCC(=O)C(C)C[C@H](CN)NC(=O)[C@@H](NC(=O)C1CNC[C@H]1C1CCCCC1)[C@H](C)O. The van der Waals surface area contributed by atoms with E-state index in [0.717, 1.165) is 19.4 Å². The molecule has 6 N–H and O–H groups in total. The molecule has 8 nitrogen and oxygen atoms in total. The number of rotatable bonds is 11. The smallest absolute Gasteiger partial charge is 0.245 e. The highest BCUT2D eigenvalue weighted by molar-refractivity contribution is 5.89. The maximum absolute atomic E-state index is 13.1. The van der Waals surface area contributed by atoms with Crippen LogP contribution >= 0.6 is 0 Å². The van der Waals surface area contributed by atoms with Crippen LogP contribution in [-0.4, -0.2) is 60.5 Å². The highest BCUT2D eigenvalue weighted by atomic mass is 16.3. The second-order valence-electron chi connectivity index (χ2n) is 9.45. The number of ketones is 1. The van der Waals surface area contributed by atoms with Crippen LogP contribution in [-0.2, 0) is 14.4 Å². The predicted octanol–water partition coefficient (Wildman–Crippen LogP) is 0.717. The van der Waals surface area contributed by atoms with Gasteiger partial charge in [0.25, 0.3) is 0 Å². The second kappa shape index (κ2) is 12.5. The molecular weight excluding hydrogens is 396 g/mol. The first kappa shape index (κ1) is 25.7. The quantitative estimate of drug-likeness (QED) is 0.323. The Morgan fingerprint density at radius 2 is 1.77 bits per heavy atom. The normalized spacial score (nSPS) is 26.0. The number of aliphatic hydroxyl groups is 1. The van der Waals surface area contributed by atoms with Crippen molar-refractivity contribution in [3.05, 3.63) is 0 Å². The van der Waals surface area contributed by atoms with Gasteiger partial charge in [-0.05, 0) is 31.7 Å². The zero-order chi connectivity index (χ0) is 23.0. The van der Waals surface area contributed by atoms with E-state index in [-0.39, 0.29) is 42.0 Å². The Kier molecular flexibility index (Phi) is 10.4. The van der Waals surface area contributed by atoms with Crippen molar-refractivity contribution in [3.63, 3.8) is 0 Å². The molecule has 1 aliphatic heterocycles. The maximum atomic E-state index is 13.1. The van der Waals surface area contributed by atoms with E-state index in [1.54, 1.807) is 0 Å². The molecule has 1 saturated carbocycles. The van der Waals surface area contributed by atoms with Gasteiger partial charge in [-0.3, -0.25) is 14.4 Å². The number of amides is 2. The number of aliphatic hydroxyl groups excluding tert-OH is 1. The standard InChI is InChI=1S/C23H42N4O4/c1-4-20(29)14(2)10-17(11-24)26-23(31)21(15(3)28)27-22(30)19-13-25-12-18(19)16-8-6-5-7-9-16/h14-19,21,25,28H,4-13,24H2,1-3H3,(H,26,31)(H,27,30)/t14?,15-,17+,18-,19?,21-/m0/s1. The van der Waals surface area contributed by atoms with E-state index >= 15 is 0 Å². The summed E-state index contributed by atoms with van der Waals surface area (Å²) in [6.07, 6.45) is 5.85. The van der Waals surface area contributed by atoms with E-state index in [2.05, 4.69) is 16.0 Å². The number of Topliss-reactive ketones (excluding diaryl/α,β-unsaturated/α-hetero) is 1. The largest absolute Gasteiger partial charge is 0.391 e. The van der Waals surface area contributed by atoms with Crippen molar-refractivity contribution in [2.24, 2.45) is 29.4 Å². The summed E-state index contributed by atoms with van der Waals surface area (Å²) in [5, 5.41) is 19.2. The van der Waals surface area contributed by atoms with Gasteiger partial charge in [0.15, 0.2) is 0 Å². The van der Waals surface area contributed by atoms with Crippen molar-refractivity contribution in [2.45, 2.75) is 83.9 Å². The zero-order valence-electron chi connectivity index (χ0n) is 19.4. The molecule has 0 aromatic carbocycles. The Morgan fingerprint density at radius 1 is 1.10 bits per heavy atom. The molecule has 2 unspecified atom stereocenters. The van der Waals surface area contributed by atoms with Gasteiger partial charge in [0.1, 0.15) is 11.8 Å². The number of carbonyl (C=O) groups is 3. The molecule has 0 radical (unpaired) electrons. The van der Waals surface area contributed by atoms with Gasteiger partial charge in [0.05, 0.1) is 12.0 Å². The summed E-state index contributed by atoms with van der Waals surface area (Å²) in [4.78, 5) is 37.8. The fourth-order valence-corrected chi connectivity index (χ4v) is 5.12. The van der Waals surface area contributed by atoms with Crippen molar-refractivity contribution in [3.8, 4) is 0 Å². The molecule has 0 aromatic heterocycles. The van der Waals surface area contributed by atoms with Gasteiger partial charge in [-0.15, -0.1) is 0 Å². The fourth-order valence-electron chi connectivity index (χ4n) is 5.12. The molecular formula is C23H42N4O4. The number of carbonyl (C=O) groups excluding carboxylic acids is 3. The monoisotopic (exact) mass is 438 g/mol. The molecule has 2 aliphatic rings. The molecule has 0 spiro atoms. The van der Waals surface area contributed by atoms with Crippen LogP contribution in [0.15, 0.2) is 0 Å². The lowest BCUT2D eigenvalue weighted by Gasteiger charge is -2.31. The van der Waals surface area contributed by atoms with Crippen molar-refractivity contribution < 1.29 is 19.5 Å². The van der Waals surface area contributed by atoms with Crippen molar-refractivity contribution >= 4 is 17.6 Å². The first-order valence-electron chi connectivity index (χ1n) is 12.0. The summed E-state index contributed by atoms with van der Waals surface area (Å²) >= 11 is 0. The van der Waals surface area contributed by atoms with Gasteiger partial charge in [-0.1, -0.05) is 46.0 Å². The molecule has 2 amide bonds. The molecule has 31 heavy (non-hydrogen) atoms. The van der Waals surface area contributed by atoms with Crippen LogP contribution in [0.5, 0.6) is 0 Å². The molecule has 8 heteroatoms. The summed E-state index contributed by atoms with van der Waals surface area (Å²) in [6.45, 7) is 6.75. The van der Waals surface area contributed by atoms with Crippen LogP contribution in [0.1, 0.15) is 65.7 Å². The Balaban J connectivity index is 1.98. The van der Waals surface area contributed by atoms with Gasteiger partial charge in [-0.2, -0.15) is 0 Å². The highest BCUT2D eigenvalue weighted by Crippen LogP contribution is 2.35. The third kappa shape index (κ3) is 7.26. The zero-order valence-corrected chi connectivity index (χ0v) is 19.4. The first-order valence-corrected chi connectivity index (χ1v) is 12.0. The van der Waals surface area contributed by atoms with Crippen LogP contribution in [0.25, 0.3) is 0 Å². The van der Waals surface area contributed by atoms with E-state index in [1.165, 1.54) is 26.2 Å². The van der Waals surface area contributed by atoms with Gasteiger partial charge < -0.3 is 26.8 Å². The van der Waals surface area contributed by atoms with E-state index < -0.39 is 18.1 Å². The summed E-state index contributed by atoms with van der Waals surface area (Å²) < 4.78 is 0. The molecule has 2 rings (SSSR count). The lowest BCUT2D eigenvalue weighted by atomic mass is 9.75. The molecule has 178 valence electrons. The van der Waals surface area contributed by atoms with Crippen LogP contribution < -0.4 is 21.7 Å². The number of hydrogen-bond donors (Lipinski definition) is 5. The Bertz CT molecular complexity index is 606. The molecule has 2 fully saturated rings. The Morgan fingerprint density at radius 3 is 2.35 bits per heavy atom. The topological polar surface area (TPSA) is 134 Å². The first-order chi connectivity index (χ1) is 14.8. The number of hydrogen-bond acceptors (Lipinski definition) is 6. The number of nitrogens with one attached hydrogen (secondary N) is 3. The van der Waals surface area contributed by atoms with E-state index in [1.807, 2.05) is 13.8 Å². The van der Waals surface area contributed by atoms with Crippen molar-refractivity contribution in [2.75, 3.05) is 19.6 Å². The average Bonchev–Trinajstić information content (AvgIpc) is 3.26. The molecule has 1 aliphatic carbocycles. The van der Waals surface area contributed by atoms with Gasteiger partial charge in [-0.25, -0.2) is 0 Å². The Labute approximate surface area is 186 Å². The minimum absolute atomic E-state index is 0.121. The lowest BCUT2D eigenvalue weighted by molar-refractivity contribution is -0.134. The van der Waals surface area contributed by atoms with Crippen molar-refractivity contribution in [1.82, 2.24) is 16.0 Å². The van der Waals surface area contributed by atoms with E-state index in [9.17, 15) is 19.5 Å². The Hall–Kier alpha value is -1.51. The second-order valence-corrected chi connectivity index (χ2v) is 9.45. The third-order valence-corrected chi connectivity index (χ3v) is 7.08. The summed E-state index contributed by atoms with van der Waals surface area (Å²) in [6, 6.07) is -1.44. The van der Waals surface area contributed by atoms with Crippen LogP contribution in [0.3, 0.4) is 0 Å². The molecule has 1 saturated heterocycles. The van der Waals surface area contributed by atoms with Crippen LogP contribution in [0.2, 0.25) is 0 Å². The number of nitrogens with two attached hydrogens (primary N) is 1. The fraction of sp³-hybridized carbons (Fsp3) is 0.870. The third-order valence-electron chi connectivity index (χ3n) is 7.08. The van der Waals surface area contributed by atoms with Gasteiger partial charge >= 0.3 is 0 Å². The summed E-state index contributed by atoms with van der Waals surface area (Å²) in [7, 11) is 0. The van der Waals surface area contributed by atoms with Crippen molar-refractivity contribution in [1.29, 1.82) is 0 Å². The molecule has 6 atom stereocenters. The average molecular weight is 439 g/mol. The lowest BCUT2D eigenvalue weighted by Crippen LogP contribution is -2.57. The van der Waals surface area contributed by atoms with E-state index in [0.29, 0.717) is 25.3 Å². The minimum atomic E-state index is -1.05. The van der Waals surface area contributed by atoms with Crippen LogP contribution in [0, 0.1) is 23.7 Å².